The number of nitrogens with two attached hydrogens (primary N) is 1. The van der Waals surface area contributed by atoms with Gasteiger partial charge in [-0.2, -0.15) is 13.2 Å². The summed E-state index contributed by atoms with van der Waals surface area (Å²) in [5, 5.41) is 3.49. The van der Waals surface area contributed by atoms with Gasteiger partial charge in [0.2, 0.25) is 5.95 Å². The normalized spacial score (nSPS) is 12.5. The molecule has 4 rings (SSSR count). The van der Waals surface area contributed by atoms with Crippen LogP contribution in [-0.2, 0) is 6.18 Å². The zero-order chi connectivity index (χ0) is 23.6. The Bertz CT molecular complexity index is 1250. The van der Waals surface area contributed by atoms with E-state index in [1.165, 1.54) is 6.07 Å². The van der Waals surface area contributed by atoms with Gasteiger partial charge in [-0.3, -0.25) is 4.98 Å². The molecule has 1 atom stereocenters. The number of rotatable bonds is 6. The summed E-state index contributed by atoms with van der Waals surface area (Å²) in [6.07, 6.45) is 1.21. The van der Waals surface area contributed by atoms with E-state index in [1.54, 1.807) is 24.7 Å². The number of hydrogen-bond acceptors (Lipinski definition) is 6. The minimum atomic E-state index is -4.46. The molecular weight excluding hydrogens is 523 g/mol. The first-order valence-corrected chi connectivity index (χ1v) is 10.7. The smallest absolute Gasteiger partial charge is 0.352 e. The van der Waals surface area contributed by atoms with Crippen molar-refractivity contribution < 1.29 is 13.2 Å². The van der Waals surface area contributed by atoms with E-state index in [4.69, 9.17) is 17.3 Å². The summed E-state index contributed by atoms with van der Waals surface area (Å²) in [4.78, 5) is 20.0. The lowest BCUT2D eigenvalue weighted by Crippen LogP contribution is -2.23. The van der Waals surface area contributed by atoms with Gasteiger partial charge in [-0.05, 0) is 24.3 Å². The molecule has 12 heteroatoms. The average Bonchev–Trinajstić information content (AvgIpc) is 3.31. The van der Waals surface area contributed by atoms with Crippen LogP contribution in [0.15, 0.2) is 59.6 Å². The Hall–Kier alpha value is -3.02. The molecule has 7 nitrogen and oxygen atoms in total. The predicted molar refractivity (Wildman–Crippen MR) is 122 cm³/mol. The van der Waals surface area contributed by atoms with Gasteiger partial charge in [0.15, 0.2) is 0 Å². The number of alkyl halides is 3. The zero-order valence-corrected chi connectivity index (χ0v) is 19.1. The van der Waals surface area contributed by atoms with Gasteiger partial charge >= 0.3 is 6.18 Å². The molecule has 1 unspecified atom stereocenters. The van der Waals surface area contributed by atoms with Crippen LogP contribution in [0.3, 0.4) is 0 Å². The van der Waals surface area contributed by atoms with Crippen molar-refractivity contribution in [2.45, 2.75) is 12.2 Å². The molecule has 33 heavy (non-hydrogen) atoms. The van der Waals surface area contributed by atoms with Gasteiger partial charge in [-0.1, -0.05) is 33.6 Å². The lowest BCUT2D eigenvalue weighted by Gasteiger charge is -2.15. The first-order chi connectivity index (χ1) is 15.7. The maximum atomic E-state index is 12.7. The monoisotopic (exact) mass is 537 g/mol. The highest BCUT2D eigenvalue weighted by Crippen LogP contribution is 2.35. The topological polar surface area (TPSA) is 105 Å². The first kappa shape index (κ1) is 23.1. The van der Waals surface area contributed by atoms with E-state index in [0.29, 0.717) is 33.4 Å². The van der Waals surface area contributed by atoms with Crippen molar-refractivity contribution in [1.82, 2.24) is 24.9 Å². The molecule has 0 saturated carbocycles. The van der Waals surface area contributed by atoms with Crippen LogP contribution in [0.5, 0.6) is 0 Å². The van der Waals surface area contributed by atoms with E-state index < -0.39 is 17.8 Å². The van der Waals surface area contributed by atoms with Crippen LogP contribution in [0.25, 0.3) is 22.6 Å². The number of benzene rings is 1. The maximum absolute atomic E-state index is 12.7. The number of aromatic nitrogens is 5. The minimum Gasteiger partial charge on any atom is -0.352 e. The van der Waals surface area contributed by atoms with Crippen molar-refractivity contribution >= 4 is 33.5 Å². The number of pyridine rings is 1. The molecule has 170 valence electrons. The van der Waals surface area contributed by atoms with Crippen LogP contribution in [0.1, 0.15) is 17.3 Å². The van der Waals surface area contributed by atoms with Crippen LogP contribution >= 0.6 is 27.5 Å². The predicted octanol–water partition coefficient (Wildman–Crippen LogP) is 5.48. The number of nitrogens with one attached hydrogen (secondary N) is 2. The maximum Gasteiger partial charge on any atom is 0.417 e. The molecular formula is C21H16BrClF3N7. The summed E-state index contributed by atoms with van der Waals surface area (Å²) in [5.41, 5.74) is 7.42. The highest BCUT2D eigenvalue weighted by Gasteiger charge is 2.30. The number of nitrogens with zero attached hydrogens (tertiary/aromatic N) is 4. The Morgan fingerprint density at radius 2 is 1.91 bits per heavy atom. The third-order valence-electron chi connectivity index (χ3n) is 4.70. The van der Waals surface area contributed by atoms with Gasteiger partial charge in [-0.25, -0.2) is 15.0 Å². The van der Waals surface area contributed by atoms with Crippen LogP contribution in [0, 0.1) is 0 Å². The van der Waals surface area contributed by atoms with Crippen molar-refractivity contribution in [3.05, 3.63) is 75.9 Å². The van der Waals surface area contributed by atoms with Crippen molar-refractivity contribution in [3.63, 3.8) is 0 Å². The molecule has 3 aromatic heterocycles. The van der Waals surface area contributed by atoms with Crippen LogP contribution < -0.4 is 11.1 Å². The van der Waals surface area contributed by atoms with Crippen molar-refractivity contribution in [2.24, 2.45) is 5.73 Å². The van der Waals surface area contributed by atoms with Gasteiger partial charge in [0, 0.05) is 41.4 Å². The average molecular weight is 539 g/mol. The molecule has 1 aromatic carbocycles. The molecule has 4 N–H and O–H groups in total. The Morgan fingerprint density at radius 3 is 2.55 bits per heavy atom. The molecule has 0 amide bonds. The Balaban J connectivity index is 1.58. The first-order valence-electron chi connectivity index (χ1n) is 9.57. The summed E-state index contributed by atoms with van der Waals surface area (Å²) in [7, 11) is 0. The van der Waals surface area contributed by atoms with E-state index in [0.717, 1.165) is 16.7 Å². The molecule has 0 bridgehead atoms. The SMILES string of the molecule is NC(CNc1ncc(-c2ncc[nH]2)c(-c2ccc(Br)cc2Cl)n1)c1ccc(C(F)(F)F)cn1. The molecule has 4 aromatic rings. The van der Waals surface area contributed by atoms with Crippen LogP contribution in [-0.4, -0.2) is 31.5 Å². The number of hydrogen-bond donors (Lipinski definition) is 3. The van der Waals surface area contributed by atoms with Gasteiger partial charge in [-0.15, -0.1) is 0 Å². The molecule has 0 saturated heterocycles. The molecule has 0 aliphatic rings. The third-order valence-corrected chi connectivity index (χ3v) is 5.51. The highest BCUT2D eigenvalue weighted by molar-refractivity contribution is 9.10. The van der Waals surface area contributed by atoms with E-state index in [1.807, 2.05) is 12.1 Å². The summed E-state index contributed by atoms with van der Waals surface area (Å²) in [5.74, 6) is 0.836. The number of anilines is 1. The quantitative estimate of drug-likeness (QED) is 0.300. The van der Waals surface area contributed by atoms with E-state index in [-0.39, 0.29) is 12.5 Å². The lowest BCUT2D eigenvalue weighted by atomic mass is 10.1. The van der Waals surface area contributed by atoms with E-state index in [2.05, 4.69) is 46.2 Å². The largest absolute Gasteiger partial charge is 0.417 e. The summed E-state index contributed by atoms with van der Waals surface area (Å²) < 4.78 is 39.0. The molecule has 0 spiro atoms. The summed E-state index contributed by atoms with van der Waals surface area (Å²) in [6.45, 7) is 0.145. The van der Waals surface area contributed by atoms with Crippen molar-refractivity contribution in [3.8, 4) is 22.6 Å². The Kier molecular flexibility index (Phi) is 6.63. The fourth-order valence-electron chi connectivity index (χ4n) is 3.04. The molecule has 0 aliphatic heterocycles. The fourth-order valence-corrected chi connectivity index (χ4v) is 3.80. The lowest BCUT2D eigenvalue weighted by molar-refractivity contribution is -0.137. The summed E-state index contributed by atoms with van der Waals surface area (Å²) in [6, 6.07) is 6.94. The van der Waals surface area contributed by atoms with Crippen LogP contribution in [0.4, 0.5) is 19.1 Å². The Labute approximate surface area is 199 Å². The fraction of sp³-hybridized carbons (Fsp3) is 0.143. The number of H-pyrrole nitrogens is 1. The van der Waals surface area contributed by atoms with Gasteiger partial charge < -0.3 is 16.0 Å². The summed E-state index contributed by atoms with van der Waals surface area (Å²) >= 11 is 9.84. The van der Waals surface area contributed by atoms with Gasteiger partial charge in [0.1, 0.15) is 5.82 Å². The van der Waals surface area contributed by atoms with Crippen LogP contribution in [0.2, 0.25) is 5.02 Å². The minimum absolute atomic E-state index is 0.145. The van der Waals surface area contributed by atoms with Crippen molar-refractivity contribution in [2.75, 3.05) is 11.9 Å². The standard InChI is InChI=1S/C21H16BrClF3N7/c22-12-2-3-13(15(23)7-12)18-14(19-28-5-6-29-19)9-31-20(33-18)32-10-16(27)17-4-1-11(8-30-17)21(24,25)26/h1-9,16H,10,27H2,(H,28,29)(H,31,32,33). The second-order valence-electron chi connectivity index (χ2n) is 6.97. The highest BCUT2D eigenvalue weighted by atomic mass is 79.9. The van der Waals surface area contributed by atoms with Gasteiger partial charge in [0.05, 0.1) is 33.6 Å². The van der Waals surface area contributed by atoms with Gasteiger partial charge in [0.25, 0.3) is 0 Å². The van der Waals surface area contributed by atoms with E-state index >= 15 is 0 Å². The molecule has 0 fully saturated rings. The molecule has 3 heterocycles. The second-order valence-corrected chi connectivity index (χ2v) is 8.30. The third kappa shape index (κ3) is 5.32. The second kappa shape index (κ2) is 9.46. The number of halogens is 5. The van der Waals surface area contributed by atoms with E-state index in [9.17, 15) is 13.2 Å². The number of aromatic amines is 1. The van der Waals surface area contributed by atoms with Crippen molar-refractivity contribution in [1.29, 1.82) is 0 Å². The molecule has 0 radical (unpaired) electrons. The zero-order valence-electron chi connectivity index (χ0n) is 16.7. The number of imidazole rings is 1. The Morgan fingerprint density at radius 1 is 1.09 bits per heavy atom. The molecule has 0 aliphatic carbocycles.